The van der Waals surface area contributed by atoms with Crippen LogP contribution in [-0.2, 0) is 0 Å². The summed E-state index contributed by atoms with van der Waals surface area (Å²) in [4.78, 5) is 1.38. The van der Waals surface area contributed by atoms with E-state index >= 15 is 0 Å². The molecule has 2 aliphatic rings. The monoisotopic (exact) mass is 234 g/mol. The number of hydrogen-bond donors (Lipinski definition) is 1. The van der Waals surface area contributed by atoms with Gasteiger partial charge in [-0.1, -0.05) is 37.5 Å². The Hall–Kier alpha value is -0.470. The molecule has 2 atom stereocenters. The van der Waals surface area contributed by atoms with Gasteiger partial charge in [-0.05, 0) is 24.0 Å². The first kappa shape index (κ1) is 10.7. The highest BCUT2D eigenvalue weighted by Gasteiger charge is 2.31. The molecule has 86 valence electrons. The topological polar surface area (TPSA) is 20.2 Å². The summed E-state index contributed by atoms with van der Waals surface area (Å²) in [7, 11) is 0. The largest absolute Gasteiger partial charge is 0.392 e. The van der Waals surface area contributed by atoms with Gasteiger partial charge in [0, 0.05) is 16.6 Å². The molecule has 2 heteroatoms. The van der Waals surface area contributed by atoms with Crippen LogP contribution in [0, 0.1) is 5.92 Å². The number of rotatable bonds is 3. The molecule has 0 saturated heterocycles. The molecule has 1 aromatic rings. The van der Waals surface area contributed by atoms with Gasteiger partial charge in [-0.2, -0.15) is 0 Å². The smallest absolute Gasteiger partial charge is 0.0619 e. The van der Waals surface area contributed by atoms with Crippen LogP contribution in [0.5, 0.6) is 0 Å². The van der Waals surface area contributed by atoms with Crippen LogP contribution in [0.25, 0.3) is 0 Å². The summed E-state index contributed by atoms with van der Waals surface area (Å²) in [5, 5.41) is 10.3. The minimum Gasteiger partial charge on any atom is -0.392 e. The lowest BCUT2D eigenvalue weighted by atomic mass is 9.78. The normalized spacial score (nSPS) is 26.2. The molecule has 0 amide bonds. The van der Waals surface area contributed by atoms with Gasteiger partial charge in [0.2, 0.25) is 0 Å². The average Bonchev–Trinajstić information content (AvgIpc) is 2.67. The summed E-state index contributed by atoms with van der Waals surface area (Å²) in [5.41, 5.74) is 1.37. The molecule has 1 N–H and O–H groups in total. The Balaban J connectivity index is 1.71. The highest BCUT2D eigenvalue weighted by Crippen LogP contribution is 2.43. The van der Waals surface area contributed by atoms with Crippen LogP contribution in [0.2, 0.25) is 0 Å². The van der Waals surface area contributed by atoms with Crippen molar-refractivity contribution >= 4 is 11.8 Å². The van der Waals surface area contributed by atoms with E-state index < -0.39 is 0 Å². The van der Waals surface area contributed by atoms with E-state index in [-0.39, 0.29) is 6.10 Å². The standard InChI is InChI=1S/C14H18OS/c15-13(8-10-4-3-5-10)12-9-16-14-7-2-1-6-11(12)14/h1-2,6-7,10,12-13,15H,3-5,8-9H2. The van der Waals surface area contributed by atoms with E-state index in [1.165, 1.54) is 29.7 Å². The number of thioether (sulfide) groups is 1. The maximum Gasteiger partial charge on any atom is 0.0619 e. The van der Waals surface area contributed by atoms with E-state index in [2.05, 4.69) is 24.3 Å². The summed E-state index contributed by atoms with van der Waals surface area (Å²) in [6, 6.07) is 8.54. The fourth-order valence-electron chi connectivity index (χ4n) is 2.74. The first-order valence-electron chi connectivity index (χ1n) is 6.24. The quantitative estimate of drug-likeness (QED) is 0.864. The SMILES string of the molecule is OC(CC1CCC1)C1CSc2ccccc21. The van der Waals surface area contributed by atoms with Gasteiger partial charge in [-0.3, -0.25) is 0 Å². The number of benzene rings is 1. The van der Waals surface area contributed by atoms with Gasteiger partial charge >= 0.3 is 0 Å². The van der Waals surface area contributed by atoms with Crippen LogP contribution < -0.4 is 0 Å². The third kappa shape index (κ3) is 1.89. The van der Waals surface area contributed by atoms with Crippen LogP contribution in [-0.4, -0.2) is 17.0 Å². The fraction of sp³-hybridized carbons (Fsp3) is 0.571. The molecule has 1 aromatic carbocycles. The number of fused-ring (bicyclic) bond motifs is 1. The molecule has 1 nitrogen and oxygen atoms in total. The Morgan fingerprint density at radius 2 is 2.12 bits per heavy atom. The lowest BCUT2D eigenvalue weighted by Gasteiger charge is -2.29. The molecule has 1 fully saturated rings. The van der Waals surface area contributed by atoms with Gasteiger partial charge in [-0.25, -0.2) is 0 Å². The second kappa shape index (κ2) is 4.42. The van der Waals surface area contributed by atoms with Crippen molar-refractivity contribution in [2.24, 2.45) is 5.92 Å². The molecule has 0 bridgehead atoms. The van der Waals surface area contributed by atoms with Gasteiger partial charge in [0.15, 0.2) is 0 Å². The zero-order valence-corrected chi connectivity index (χ0v) is 10.2. The highest BCUT2D eigenvalue weighted by atomic mass is 32.2. The van der Waals surface area contributed by atoms with E-state index in [0.29, 0.717) is 5.92 Å². The van der Waals surface area contributed by atoms with Crippen molar-refractivity contribution in [2.45, 2.75) is 42.6 Å². The summed E-state index contributed by atoms with van der Waals surface area (Å²) >= 11 is 1.90. The predicted octanol–water partition coefficient (Wildman–Crippen LogP) is 3.43. The maximum atomic E-state index is 10.3. The molecule has 3 rings (SSSR count). The first-order chi connectivity index (χ1) is 7.84. The molecule has 1 aliphatic carbocycles. The molecule has 2 unspecified atom stereocenters. The van der Waals surface area contributed by atoms with Gasteiger partial charge in [0.25, 0.3) is 0 Å². The van der Waals surface area contributed by atoms with Crippen LogP contribution in [0.3, 0.4) is 0 Å². The van der Waals surface area contributed by atoms with E-state index in [1.54, 1.807) is 0 Å². The first-order valence-corrected chi connectivity index (χ1v) is 7.23. The average molecular weight is 234 g/mol. The second-order valence-electron chi connectivity index (χ2n) is 5.06. The maximum absolute atomic E-state index is 10.3. The Kier molecular flexibility index (Phi) is 2.95. The van der Waals surface area contributed by atoms with Gasteiger partial charge in [-0.15, -0.1) is 11.8 Å². The molecule has 0 spiro atoms. The van der Waals surface area contributed by atoms with Gasteiger partial charge in [0.05, 0.1) is 6.10 Å². The second-order valence-corrected chi connectivity index (χ2v) is 6.12. The van der Waals surface area contributed by atoms with Crippen LogP contribution in [0.4, 0.5) is 0 Å². The summed E-state index contributed by atoms with van der Waals surface area (Å²) in [6.45, 7) is 0. The Morgan fingerprint density at radius 1 is 1.31 bits per heavy atom. The van der Waals surface area contributed by atoms with Gasteiger partial charge in [0.1, 0.15) is 0 Å². The lowest BCUT2D eigenvalue weighted by molar-refractivity contribution is 0.0996. The molecule has 16 heavy (non-hydrogen) atoms. The zero-order chi connectivity index (χ0) is 11.0. The van der Waals surface area contributed by atoms with Gasteiger partial charge < -0.3 is 5.11 Å². The summed E-state index contributed by atoms with van der Waals surface area (Å²) in [6.07, 6.45) is 4.92. The van der Waals surface area contributed by atoms with Crippen LogP contribution >= 0.6 is 11.8 Å². The van der Waals surface area contributed by atoms with Crippen molar-refractivity contribution < 1.29 is 5.11 Å². The molecule has 1 aliphatic heterocycles. The molecule has 1 heterocycles. The molecular weight excluding hydrogens is 216 g/mol. The van der Waals surface area contributed by atoms with Crippen LogP contribution in [0.1, 0.15) is 37.2 Å². The van der Waals surface area contributed by atoms with Crippen molar-refractivity contribution in [1.29, 1.82) is 0 Å². The van der Waals surface area contributed by atoms with E-state index in [9.17, 15) is 5.11 Å². The van der Waals surface area contributed by atoms with Crippen molar-refractivity contribution in [1.82, 2.24) is 0 Å². The predicted molar refractivity (Wildman–Crippen MR) is 67.9 cm³/mol. The summed E-state index contributed by atoms with van der Waals surface area (Å²) in [5.74, 6) is 2.24. The number of aliphatic hydroxyl groups is 1. The molecular formula is C14H18OS. The van der Waals surface area contributed by atoms with E-state index in [4.69, 9.17) is 0 Å². The number of aliphatic hydroxyl groups excluding tert-OH is 1. The fourth-order valence-corrected chi connectivity index (χ4v) is 4.06. The number of hydrogen-bond acceptors (Lipinski definition) is 2. The van der Waals surface area contributed by atoms with Crippen molar-refractivity contribution in [3.8, 4) is 0 Å². The van der Waals surface area contributed by atoms with E-state index in [1.807, 2.05) is 11.8 Å². The highest BCUT2D eigenvalue weighted by molar-refractivity contribution is 7.99. The van der Waals surface area contributed by atoms with E-state index in [0.717, 1.165) is 18.1 Å². The van der Waals surface area contributed by atoms with Crippen molar-refractivity contribution in [2.75, 3.05) is 5.75 Å². The van der Waals surface area contributed by atoms with Crippen molar-refractivity contribution in [3.63, 3.8) is 0 Å². The van der Waals surface area contributed by atoms with Crippen molar-refractivity contribution in [3.05, 3.63) is 29.8 Å². The Morgan fingerprint density at radius 3 is 2.88 bits per heavy atom. The lowest BCUT2D eigenvalue weighted by Crippen LogP contribution is -2.25. The minimum atomic E-state index is -0.124. The molecule has 0 radical (unpaired) electrons. The molecule has 0 aromatic heterocycles. The Labute approximate surface area is 101 Å². The Bertz CT molecular complexity index is 373. The minimum absolute atomic E-state index is 0.124. The third-order valence-electron chi connectivity index (χ3n) is 4.00. The molecule has 1 saturated carbocycles. The van der Waals surface area contributed by atoms with Crippen LogP contribution in [0.15, 0.2) is 29.2 Å². The third-order valence-corrected chi connectivity index (χ3v) is 5.21. The summed E-state index contributed by atoms with van der Waals surface area (Å²) < 4.78 is 0. The zero-order valence-electron chi connectivity index (χ0n) is 9.43.